The summed E-state index contributed by atoms with van der Waals surface area (Å²) in [5, 5.41) is 17.0. The number of hydrogen-bond donors (Lipinski definition) is 2. The first kappa shape index (κ1) is 26.7. The second-order valence-electron chi connectivity index (χ2n) is 8.27. The Morgan fingerprint density at radius 3 is 2.60 bits per heavy atom. The zero-order valence-corrected chi connectivity index (χ0v) is 21.8. The number of oxazole rings is 1. The van der Waals surface area contributed by atoms with Crippen LogP contribution in [0, 0.1) is 5.82 Å². The molecular formula is C26H17ClFN5O6S. The Balaban J connectivity index is 1.61. The van der Waals surface area contributed by atoms with Crippen molar-refractivity contribution in [3.8, 4) is 11.3 Å². The van der Waals surface area contributed by atoms with Crippen molar-refractivity contribution in [2.75, 3.05) is 5.32 Å². The summed E-state index contributed by atoms with van der Waals surface area (Å²) in [6.07, 6.45) is 3.62. The lowest BCUT2D eigenvalue weighted by molar-refractivity contribution is 0.0697. The van der Waals surface area contributed by atoms with Crippen molar-refractivity contribution < 1.29 is 28.3 Å². The smallest absolute Gasteiger partial charge is 0.336 e. The maximum Gasteiger partial charge on any atom is 0.336 e. The lowest BCUT2D eigenvalue weighted by Crippen LogP contribution is -2.27. The molecule has 0 aliphatic heterocycles. The number of nitrogens with one attached hydrogen (secondary N) is 1. The third kappa shape index (κ3) is 5.32. The summed E-state index contributed by atoms with van der Waals surface area (Å²) in [5.74, 6) is -3.87. The summed E-state index contributed by atoms with van der Waals surface area (Å²) in [7, 11) is 0. The van der Waals surface area contributed by atoms with Gasteiger partial charge in [-0.25, -0.2) is 14.2 Å². The maximum atomic E-state index is 14.5. The van der Waals surface area contributed by atoms with Gasteiger partial charge < -0.3 is 19.4 Å². The van der Waals surface area contributed by atoms with Crippen molar-refractivity contribution in [3.05, 3.63) is 110 Å². The number of carboxylic acids is 1. The lowest BCUT2D eigenvalue weighted by Gasteiger charge is -2.09. The molecule has 0 bridgehead atoms. The molecule has 0 unspecified atom stereocenters. The number of carbonyl (C=O) groups excluding carboxylic acids is 2. The number of ketones is 1. The fraction of sp³-hybridized carbons (Fsp3) is 0.0769. The van der Waals surface area contributed by atoms with Gasteiger partial charge in [-0.3, -0.25) is 14.4 Å². The number of rotatable bonds is 9. The number of carbonyl (C=O) groups is 3. The van der Waals surface area contributed by atoms with Crippen molar-refractivity contribution in [1.82, 2.24) is 19.3 Å². The highest BCUT2D eigenvalue weighted by atomic mass is 35.5. The number of aromatic carboxylic acids is 1. The summed E-state index contributed by atoms with van der Waals surface area (Å²) in [6, 6.07) is 11.2. The molecule has 0 aliphatic rings. The molecule has 11 nitrogen and oxygen atoms in total. The number of Topliss-reactive ketones (excluding diaryl/α,β-unsaturated/α-hetero) is 1. The Bertz CT molecular complexity index is 1810. The Labute approximate surface area is 233 Å². The first-order valence-corrected chi connectivity index (χ1v) is 12.7. The van der Waals surface area contributed by atoms with E-state index in [-0.39, 0.29) is 35.1 Å². The normalized spacial score (nSPS) is 10.9. The number of aromatic nitrogens is 4. The van der Waals surface area contributed by atoms with Crippen LogP contribution in [0.5, 0.6) is 0 Å². The van der Waals surface area contributed by atoms with Gasteiger partial charge in [0, 0.05) is 17.1 Å². The van der Waals surface area contributed by atoms with Crippen molar-refractivity contribution in [1.29, 1.82) is 0 Å². The van der Waals surface area contributed by atoms with Crippen LogP contribution in [0.25, 0.3) is 11.3 Å². The molecule has 5 aromatic rings. The summed E-state index contributed by atoms with van der Waals surface area (Å²) < 4.78 is 21.8. The van der Waals surface area contributed by atoms with Crippen molar-refractivity contribution >= 4 is 46.4 Å². The van der Waals surface area contributed by atoms with Gasteiger partial charge in [0.05, 0.1) is 40.3 Å². The van der Waals surface area contributed by atoms with Crippen LogP contribution in [0.1, 0.15) is 36.3 Å². The van der Waals surface area contributed by atoms with E-state index in [1.54, 1.807) is 12.1 Å². The van der Waals surface area contributed by atoms with E-state index in [1.165, 1.54) is 48.1 Å². The van der Waals surface area contributed by atoms with Crippen molar-refractivity contribution in [2.45, 2.75) is 13.1 Å². The highest BCUT2D eigenvalue weighted by Crippen LogP contribution is 2.26. The van der Waals surface area contributed by atoms with Gasteiger partial charge in [-0.2, -0.15) is 9.78 Å². The predicted molar refractivity (Wildman–Crippen MR) is 142 cm³/mol. The number of benzene rings is 1. The monoisotopic (exact) mass is 581 g/mol. The Hall–Kier alpha value is -4.88. The summed E-state index contributed by atoms with van der Waals surface area (Å²) in [4.78, 5) is 55.9. The summed E-state index contributed by atoms with van der Waals surface area (Å²) in [5.41, 5.74) is -2.13. The Morgan fingerprint density at radius 1 is 1.12 bits per heavy atom. The van der Waals surface area contributed by atoms with Crippen LogP contribution in [-0.4, -0.2) is 42.1 Å². The van der Waals surface area contributed by atoms with Gasteiger partial charge >= 0.3 is 5.97 Å². The quantitative estimate of drug-likeness (QED) is 0.241. The number of pyridine rings is 1. The van der Waals surface area contributed by atoms with Crippen LogP contribution in [0.4, 0.5) is 10.2 Å². The molecule has 202 valence electrons. The first-order valence-electron chi connectivity index (χ1n) is 11.5. The highest BCUT2D eigenvalue weighted by molar-refractivity contribution is 7.16. The van der Waals surface area contributed by atoms with E-state index < -0.39 is 41.1 Å². The molecule has 0 aliphatic carbocycles. The largest absolute Gasteiger partial charge is 0.478 e. The molecule has 0 atom stereocenters. The van der Waals surface area contributed by atoms with Gasteiger partial charge in [0.15, 0.2) is 0 Å². The van der Waals surface area contributed by atoms with Crippen LogP contribution >= 0.6 is 22.9 Å². The molecular weight excluding hydrogens is 565 g/mol. The average Bonchev–Trinajstić information content (AvgIpc) is 3.70. The van der Waals surface area contributed by atoms with E-state index in [4.69, 9.17) is 16.0 Å². The zero-order chi connectivity index (χ0) is 28.4. The lowest BCUT2D eigenvalue weighted by atomic mass is 10.1. The fourth-order valence-electron chi connectivity index (χ4n) is 3.87. The van der Waals surface area contributed by atoms with Crippen molar-refractivity contribution in [3.63, 3.8) is 0 Å². The molecule has 5 rings (SSSR count). The molecule has 0 saturated heterocycles. The Morgan fingerprint density at radius 2 is 1.93 bits per heavy atom. The molecule has 0 radical (unpaired) electrons. The molecule has 0 amide bonds. The second-order valence-corrected chi connectivity index (χ2v) is 10.1. The number of nitrogens with zero attached hydrogens (tertiary/aromatic N) is 4. The molecule has 4 heterocycles. The minimum Gasteiger partial charge on any atom is -0.478 e. The zero-order valence-electron chi connectivity index (χ0n) is 20.2. The summed E-state index contributed by atoms with van der Waals surface area (Å²) >= 11 is 7.30. The van der Waals surface area contributed by atoms with E-state index in [2.05, 4.69) is 15.4 Å². The van der Waals surface area contributed by atoms with Crippen molar-refractivity contribution in [2.24, 2.45) is 0 Å². The van der Waals surface area contributed by atoms with Crippen LogP contribution in [0.15, 0.2) is 76.4 Å². The average molecular weight is 582 g/mol. The number of halogens is 2. The second kappa shape index (κ2) is 11.1. The number of anilines is 1. The van der Waals surface area contributed by atoms with Crippen LogP contribution in [-0.2, 0) is 13.1 Å². The fourth-order valence-corrected chi connectivity index (χ4v) is 4.89. The molecule has 4 aromatic heterocycles. The molecule has 1 aromatic carbocycles. The maximum absolute atomic E-state index is 14.5. The number of thiophene rings is 1. The van der Waals surface area contributed by atoms with Gasteiger partial charge in [-0.05, 0) is 30.3 Å². The molecule has 0 spiro atoms. The van der Waals surface area contributed by atoms with E-state index in [0.717, 1.165) is 32.5 Å². The number of carboxylic acid groups (broad SMARTS) is 1. The predicted octanol–water partition coefficient (Wildman–Crippen LogP) is 4.44. The molecule has 0 saturated carbocycles. The van der Waals surface area contributed by atoms with Gasteiger partial charge in [-0.15, -0.1) is 11.3 Å². The van der Waals surface area contributed by atoms with Gasteiger partial charge in [0.25, 0.3) is 17.4 Å². The molecule has 40 heavy (non-hydrogen) atoms. The third-order valence-electron chi connectivity index (χ3n) is 5.72. The topological polar surface area (TPSA) is 149 Å². The Kier molecular flexibility index (Phi) is 7.40. The summed E-state index contributed by atoms with van der Waals surface area (Å²) in [6.45, 7) is -0.298. The SMILES string of the molecule is O=C(Cn1ccc(C(=O)O)c(-c2cc(NCc3ccc(Cl)s3)n(C(=O)c3ccccc3F)n2)c1=O)c1ncco1. The van der Waals surface area contributed by atoms with Crippen LogP contribution in [0.3, 0.4) is 0 Å². The highest BCUT2D eigenvalue weighted by Gasteiger charge is 2.25. The molecule has 2 N–H and O–H groups in total. The number of hydrogen-bond acceptors (Lipinski definition) is 9. The minimum absolute atomic E-state index is 0.0646. The van der Waals surface area contributed by atoms with Gasteiger partial charge in [0.2, 0.25) is 5.78 Å². The van der Waals surface area contributed by atoms with E-state index in [1.807, 2.05) is 0 Å². The van der Waals surface area contributed by atoms with Crippen LogP contribution in [0.2, 0.25) is 4.34 Å². The standard InChI is InChI=1S/C26H17ClFN5O6S/c27-20-6-5-14(40-20)12-30-21-11-18(31-33(21)24(35)15-3-1-2-4-17(15)28)22-16(26(37)38)7-9-32(25(22)36)13-19(34)23-29-8-10-39-23/h1-11,30H,12-13H2,(H,37,38). The van der Waals surface area contributed by atoms with E-state index in [9.17, 15) is 28.7 Å². The third-order valence-corrected chi connectivity index (χ3v) is 6.95. The first-order chi connectivity index (χ1) is 19.2. The van der Waals surface area contributed by atoms with Gasteiger partial charge in [-0.1, -0.05) is 23.7 Å². The van der Waals surface area contributed by atoms with E-state index >= 15 is 0 Å². The molecule has 0 fully saturated rings. The minimum atomic E-state index is -1.43. The van der Waals surface area contributed by atoms with Crippen LogP contribution < -0.4 is 10.9 Å². The van der Waals surface area contributed by atoms with Gasteiger partial charge in [0.1, 0.15) is 23.6 Å². The molecule has 14 heteroatoms. The van der Waals surface area contributed by atoms with E-state index in [0.29, 0.717) is 4.34 Å².